The summed E-state index contributed by atoms with van der Waals surface area (Å²) in [5.74, 6) is 0.558. The summed E-state index contributed by atoms with van der Waals surface area (Å²) in [4.78, 5) is 17.9. The van der Waals surface area contributed by atoms with Gasteiger partial charge in [0.15, 0.2) is 0 Å². The van der Waals surface area contributed by atoms with Crippen LogP contribution in [0.1, 0.15) is 37.8 Å². The Kier molecular flexibility index (Phi) is 4.45. The Balaban J connectivity index is 2.21. The Morgan fingerprint density at radius 3 is 2.83 bits per heavy atom. The molecule has 1 heterocycles. The maximum absolute atomic E-state index is 13.1. The van der Waals surface area contributed by atoms with Crippen LogP contribution in [0, 0.1) is 0 Å². The Morgan fingerprint density at radius 1 is 1.38 bits per heavy atom. The zero-order chi connectivity index (χ0) is 17.3. The van der Waals surface area contributed by atoms with Gasteiger partial charge in [-0.1, -0.05) is 38.1 Å². The highest BCUT2D eigenvalue weighted by Crippen LogP contribution is 2.42. The smallest absolute Gasteiger partial charge is 0.259 e. The van der Waals surface area contributed by atoms with Crippen LogP contribution >= 0.6 is 0 Å². The first-order valence-electron chi connectivity index (χ1n) is 8.56. The lowest BCUT2D eigenvalue weighted by molar-refractivity contribution is 0.292. The molecule has 0 aliphatic heterocycles. The standard InChI is InChI=1S/C19H25N3O2/c1-4-19(2)12-13-8-5-6-9-14(13)16-15(19)17(24)22(3)18(21-16)20-10-7-11-23/h5-6,8-9,23H,4,7,10-12H2,1-3H3,(H,20,21)/t19-/m1/s1. The van der Waals surface area contributed by atoms with Crippen molar-refractivity contribution in [3.8, 4) is 11.3 Å². The van der Waals surface area contributed by atoms with E-state index in [1.54, 1.807) is 11.6 Å². The lowest BCUT2D eigenvalue weighted by Gasteiger charge is -2.35. The summed E-state index contributed by atoms with van der Waals surface area (Å²) in [5, 5.41) is 12.1. The Hall–Kier alpha value is -2.14. The van der Waals surface area contributed by atoms with E-state index in [0.717, 1.165) is 29.7 Å². The second-order valence-electron chi connectivity index (χ2n) is 6.78. The minimum atomic E-state index is -0.199. The second kappa shape index (κ2) is 6.40. The second-order valence-corrected chi connectivity index (χ2v) is 6.78. The van der Waals surface area contributed by atoms with E-state index >= 15 is 0 Å². The average Bonchev–Trinajstić information content (AvgIpc) is 2.59. The molecular weight excluding hydrogens is 302 g/mol. The first kappa shape index (κ1) is 16.7. The van der Waals surface area contributed by atoms with Gasteiger partial charge in [-0.05, 0) is 24.8 Å². The maximum atomic E-state index is 13.1. The van der Waals surface area contributed by atoms with Crippen molar-refractivity contribution in [1.29, 1.82) is 0 Å². The molecule has 2 aromatic rings. The van der Waals surface area contributed by atoms with Crippen molar-refractivity contribution in [3.05, 3.63) is 45.7 Å². The summed E-state index contributed by atoms with van der Waals surface area (Å²) in [6.07, 6.45) is 2.37. The largest absolute Gasteiger partial charge is 0.396 e. The molecule has 0 unspecified atom stereocenters. The molecule has 1 aliphatic rings. The van der Waals surface area contributed by atoms with Gasteiger partial charge in [-0.25, -0.2) is 4.98 Å². The van der Waals surface area contributed by atoms with Gasteiger partial charge in [0.25, 0.3) is 5.56 Å². The van der Waals surface area contributed by atoms with E-state index in [-0.39, 0.29) is 17.6 Å². The third kappa shape index (κ3) is 2.63. The number of nitrogens with one attached hydrogen (secondary N) is 1. The van der Waals surface area contributed by atoms with Crippen molar-refractivity contribution in [2.45, 2.75) is 38.5 Å². The molecular formula is C19H25N3O2. The lowest BCUT2D eigenvalue weighted by Crippen LogP contribution is -2.39. The Morgan fingerprint density at radius 2 is 2.12 bits per heavy atom. The van der Waals surface area contributed by atoms with E-state index in [2.05, 4.69) is 25.2 Å². The molecule has 1 atom stereocenters. The molecule has 1 aliphatic carbocycles. The fourth-order valence-electron chi connectivity index (χ4n) is 3.49. The fraction of sp³-hybridized carbons (Fsp3) is 0.474. The molecule has 0 radical (unpaired) electrons. The number of anilines is 1. The molecule has 24 heavy (non-hydrogen) atoms. The van der Waals surface area contributed by atoms with Crippen LogP contribution in [-0.2, 0) is 18.9 Å². The summed E-state index contributed by atoms with van der Waals surface area (Å²) < 4.78 is 1.60. The van der Waals surface area contributed by atoms with Gasteiger partial charge in [0.1, 0.15) is 0 Å². The van der Waals surface area contributed by atoms with Crippen LogP contribution in [0.4, 0.5) is 5.95 Å². The van der Waals surface area contributed by atoms with Gasteiger partial charge in [0.05, 0.1) is 11.3 Å². The Bertz CT molecular complexity index is 813. The van der Waals surface area contributed by atoms with Crippen molar-refractivity contribution in [3.63, 3.8) is 0 Å². The number of nitrogens with zero attached hydrogens (tertiary/aromatic N) is 2. The van der Waals surface area contributed by atoms with Crippen LogP contribution in [0.15, 0.2) is 29.1 Å². The molecule has 2 N–H and O–H groups in total. The zero-order valence-electron chi connectivity index (χ0n) is 14.6. The molecule has 5 nitrogen and oxygen atoms in total. The SMILES string of the molecule is CC[C@]1(C)Cc2ccccc2-c2nc(NCCCO)n(C)c(=O)c21. The third-order valence-corrected chi connectivity index (χ3v) is 5.15. The Labute approximate surface area is 142 Å². The highest BCUT2D eigenvalue weighted by molar-refractivity contribution is 5.72. The molecule has 1 aromatic heterocycles. The highest BCUT2D eigenvalue weighted by atomic mass is 16.3. The summed E-state index contributed by atoms with van der Waals surface area (Å²) in [5.41, 5.74) is 3.74. The number of hydrogen-bond acceptors (Lipinski definition) is 4. The van der Waals surface area contributed by atoms with E-state index < -0.39 is 0 Å². The summed E-state index contributed by atoms with van der Waals surface area (Å²) in [7, 11) is 1.76. The zero-order valence-corrected chi connectivity index (χ0v) is 14.6. The quantitative estimate of drug-likeness (QED) is 0.828. The monoisotopic (exact) mass is 327 g/mol. The molecule has 0 spiro atoms. The molecule has 0 amide bonds. The molecule has 0 bridgehead atoms. The molecule has 1 aromatic carbocycles. The van der Waals surface area contributed by atoms with Crippen LogP contribution in [0.3, 0.4) is 0 Å². The normalized spacial score (nSPS) is 18.8. The minimum absolute atomic E-state index is 0.0188. The number of rotatable bonds is 5. The predicted octanol–water partition coefficient (Wildman–Crippen LogP) is 2.47. The van der Waals surface area contributed by atoms with Crippen LogP contribution in [0.25, 0.3) is 11.3 Å². The number of aromatic nitrogens is 2. The van der Waals surface area contributed by atoms with Crippen molar-refractivity contribution >= 4 is 5.95 Å². The third-order valence-electron chi connectivity index (χ3n) is 5.15. The first-order chi connectivity index (χ1) is 11.5. The number of aliphatic hydroxyl groups is 1. The number of hydrogen-bond donors (Lipinski definition) is 2. The van der Waals surface area contributed by atoms with Gasteiger partial charge < -0.3 is 10.4 Å². The molecule has 0 fully saturated rings. The molecule has 5 heteroatoms. The molecule has 128 valence electrons. The van der Waals surface area contributed by atoms with Crippen LogP contribution in [-0.4, -0.2) is 27.8 Å². The maximum Gasteiger partial charge on any atom is 0.259 e. The van der Waals surface area contributed by atoms with Gasteiger partial charge in [-0.3, -0.25) is 9.36 Å². The molecule has 0 saturated heterocycles. The first-order valence-corrected chi connectivity index (χ1v) is 8.56. The van der Waals surface area contributed by atoms with Crippen molar-refractivity contribution in [2.75, 3.05) is 18.5 Å². The van der Waals surface area contributed by atoms with Crippen LogP contribution in [0.5, 0.6) is 0 Å². The summed E-state index contributed by atoms with van der Waals surface area (Å²) in [6, 6.07) is 8.22. The fourth-order valence-corrected chi connectivity index (χ4v) is 3.49. The van der Waals surface area contributed by atoms with Crippen molar-refractivity contribution in [2.24, 2.45) is 7.05 Å². The van der Waals surface area contributed by atoms with E-state index in [0.29, 0.717) is 18.9 Å². The van der Waals surface area contributed by atoms with Crippen molar-refractivity contribution in [1.82, 2.24) is 9.55 Å². The predicted molar refractivity (Wildman–Crippen MR) is 96.5 cm³/mol. The van der Waals surface area contributed by atoms with E-state index in [1.165, 1.54) is 5.56 Å². The van der Waals surface area contributed by atoms with E-state index in [4.69, 9.17) is 10.1 Å². The van der Waals surface area contributed by atoms with Crippen molar-refractivity contribution < 1.29 is 5.11 Å². The number of fused-ring (bicyclic) bond motifs is 3. The van der Waals surface area contributed by atoms with Crippen LogP contribution < -0.4 is 10.9 Å². The van der Waals surface area contributed by atoms with E-state index in [9.17, 15) is 4.79 Å². The van der Waals surface area contributed by atoms with Gasteiger partial charge in [-0.2, -0.15) is 0 Å². The minimum Gasteiger partial charge on any atom is -0.396 e. The highest BCUT2D eigenvalue weighted by Gasteiger charge is 2.37. The number of aliphatic hydroxyl groups excluding tert-OH is 1. The van der Waals surface area contributed by atoms with E-state index in [1.807, 2.05) is 18.2 Å². The average molecular weight is 327 g/mol. The molecule has 3 rings (SSSR count). The van der Waals surface area contributed by atoms with Gasteiger partial charge >= 0.3 is 0 Å². The number of benzene rings is 1. The summed E-state index contributed by atoms with van der Waals surface area (Å²) >= 11 is 0. The lowest BCUT2D eigenvalue weighted by atomic mass is 9.69. The van der Waals surface area contributed by atoms with Crippen LogP contribution in [0.2, 0.25) is 0 Å². The van der Waals surface area contributed by atoms with Gasteiger partial charge in [-0.15, -0.1) is 0 Å². The van der Waals surface area contributed by atoms with Gasteiger partial charge in [0, 0.05) is 31.2 Å². The summed E-state index contributed by atoms with van der Waals surface area (Å²) in [6.45, 7) is 4.99. The van der Waals surface area contributed by atoms with Gasteiger partial charge in [0.2, 0.25) is 5.95 Å². The molecule has 0 saturated carbocycles. The topological polar surface area (TPSA) is 67.2 Å².